The van der Waals surface area contributed by atoms with E-state index in [0.29, 0.717) is 20.9 Å². The van der Waals surface area contributed by atoms with Crippen molar-refractivity contribution in [2.75, 3.05) is 6.54 Å². The van der Waals surface area contributed by atoms with Crippen molar-refractivity contribution in [2.24, 2.45) is 0 Å². The monoisotopic (exact) mass is 355 g/mol. The molecule has 0 aliphatic carbocycles. The molecule has 1 aromatic heterocycles. The minimum atomic E-state index is 0.381. The first-order valence-electron chi connectivity index (χ1n) is 7.35. The van der Waals surface area contributed by atoms with E-state index < -0.39 is 0 Å². The third kappa shape index (κ3) is 2.73. The zero-order valence-electron chi connectivity index (χ0n) is 12.9. The van der Waals surface area contributed by atoms with E-state index in [1.165, 1.54) is 11.1 Å². The molecule has 118 valence electrons. The predicted molar refractivity (Wildman–Crippen MR) is 96.4 cm³/mol. The van der Waals surface area contributed by atoms with Crippen LogP contribution >= 0.6 is 35.4 Å². The van der Waals surface area contributed by atoms with Gasteiger partial charge in [-0.1, -0.05) is 34.9 Å². The molecule has 0 bridgehead atoms. The lowest BCUT2D eigenvalue weighted by molar-refractivity contribution is 0.210. The number of allylic oxidation sites excluding steroid dienone is 1. The summed E-state index contributed by atoms with van der Waals surface area (Å²) in [4.78, 5) is 5.65. The van der Waals surface area contributed by atoms with Crippen molar-refractivity contribution >= 4 is 46.5 Å². The van der Waals surface area contributed by atoms with Crippen molar-refractivity contribution in [3.05, 3.63) is 38.1 Å². The summed E-state index contributed by atoms with van der Waals surface area (Å²) in [5, 5.41) is 1.12. The minimum absolute atomic E-state index is 0.381. The van der Waals surface area contributed by atoms with E-state index in [0.717, 1.165) is 30.7 Å². The summed E-state index contributed by atoms with van der Waals surface area (Å²) in [5.41, 5.74) is 4.44. The molecule has 0 saturated heterocycles. The van der Waals surface area contributed by atoms with Gasteiger partial charge in [-0.2, -0.15) is 0 Å². The van der Waals surface area contributed by atoms with Crippen LogP contribution in [0.4, 0.5) is 0 Å². The fourth-order valence-corrected chi connectivity index (χ4v) is 3.65. The summed E-state index contributed by atoms with van der Waals surface area (Å²) in [6.07, 6.45) is 2.26. The fourth-order valence-electron chi connectivity index (χ4n) is 2.96. The van der Waals surface area contributed by atoms with E-state index in [1.54, 1.807) is 0 Å². The number of H-pyrrole nitrogens is 1. The summed E-state index contributed by atoms with van der Waals surface area (Å²) in [5.74, 6) is 0. The van der Waals surface area contributed by atoms with E-state index in [2.05, 4.69) is 41.3 Å². The van der Waals surface area contributed by atoms with Gasteiger partial charge in [-0.25, -0.2) is 0 Å². The van der Waals surface area contributed by atoms with Crippen LogP contribution in [0, 0.1) is 4.77 Å². The van der Waals surface area contributed by atoms with Gasteiger partial charge in [-0.3, -0.25) is 4.90 Å². The Morgan fingerprint density at radius 1 is 1.45 bits per heavy atom. The highest BCUT2D eigenvalue weighted by Gasteiger charge is 2.24. The Morgan fingerprint density at radius 2 is 2.18 bits per heavy atom. The zero-order valence-corrected chi connectivity index (χ0v) is 15.2. The van der Waals surface area contributed by atoms with Gasteiger partial charge >= 0.3 is 0 Å². The molecule has 1 N–H and O–H groups in total. The second-order valence-corrected chi connectivity index (χ2v) is 7.33. The molecular formula is C16H19Cl2N3S. The van der Waals surface area contributed by atoms with E-state index >= 15 is 0 Å². The summed E-state index contributed by atoms with van der Waals surface area (Å²) >= 11 is 18.1. The predicted octanol–water partition coefficient (Wildman–Crippen LogP) is 5.18. The molecule has 0 spiro atoms. The van der Waals surface area contributed by atoms with E-state index in [9.17, 15) is 0 Å². The molecule has 6 heteroatoms. The van der Waals surface area contributed by atoms with Crippen LogP contribution < -0.4 is 0 Å². The van der Waals surface area contributed by atoms with Gasteiger partial charge in [0.05, 0.1) is 21.1 Å². The standard InChI is InChI=1S/C16H19Cl2N3S/c1-9(2)4-5-20-8-11-6-12(17)13(18)14-15(11)21(7-10(20)3)16(22)19-14/h4,6,10H,5,7-8H2,1-3H3,(H,19,22)/t10-/m0/s1. The molecule has 1 aromatic carbocycles. The Morgan fingerprint density at radius 3 is 2.86 bits per heavy atom. The lowest BCUT2D eigenvalue weighted by atomic mass is 10.1. The van der Waals surface area contributed by atoms with Crippen LogP contribution in [0.5, 0.6) is 0 Å². The molecule has 0 unspecified atom stereocenters. The third-order valence-corrected chi connectivity index (χ3v) is 5.31. The molecule has 2 heterocycles. The first-order valence-corrected chi connectivity index (χ1v) is 8.51. The molecule has 0 radical (unpaired) electrons. The fraction of sp³-hybridized carbons (Fsp3) is 0.438. The summed E-state index contributed by atoms with van der Waals surface area (Å²) in [6.45, 7) is 9.09. The zero-order chi connectivity index (χ0) is 16.0. The van der Waals surface area contributed by atoms with Crippen LogP contribution in [-0.4, -0.2) is 27.0 Å². The molecule has 2 aromatic rings. The van der Waals surface area contributed by atoms with Gasteiger partial charge in [-0.05, 0) is 44.6 Å². The second-order valence-electron chi connectivity index (χ2n) is 6.16. The maximum absolute atomic E-state index is 6.35. The SMILES string of the molecule is CC(C)=CCN1Cc2cc(Cl)c(Cl)c3[nH]c(=S)n(c23)C[C@@H]1C. The lowest BCUT2D eigenvalue weighted by Gasteiger charge is -2.26. The third-order valence-electron chi connectivity index (χ3n) is 4.20. The van der Waals surface area contributed by atoms with E-state index in [-0.39, 0.29) is 0 Å². The van der Waals surface area contributed by atoms with Gasteiger partial charge in [-0.15, -0.1) is 0 Å². The smallest absolute Gasteiger partial charge is 0.178 e. The number of aromatic amines is 1. The van der Waals surface area contributed by atoms with E-state index in [1.807, 2.05) is 6.07 Å². The van der Waals surface area contributed by atoms with Gasteiger partial charge in [0.2, 0.25) is 0 Å². The molecule has 0 saturated carbocycles. The number of imidazole rings is 1. The second kappa shape index (κ2) is 6.00. The average molecular weight is 356 g/mol. The Kier molecular flexibility index (Phi) is 4.38. The number of benzene rings is 1. The van der Waals surface area contributed by atoms with Crippen LogP contribution in [0.25, 0.3) is 11.0 Å². The normalized spacial score (nSPS) is 18.5. The molecule has 1 aliphatic rings. The van der Waals surface area contributed by atoms with Crippen molar-refractivity contribution in [2.45, 2.75) is 39.9 Å². The molecule has 3 nitrogen and oxygen atoms in total. The topological polar surface area (TPSA) is 24.0 Å². The van der Waals surface area contributed by atoms with Gasteiger partial charge in [0.25, 0.3) is 0 Å². The molecule has 0 fully saturated rings. The van der Waals surface area contributed by atoms with Crippen molar-refractivity contribution in [3.63, 3.8) is 0 Å². The van der Waals surface area contributed by atoms with Crippen molar-refractivity contribution in [1.82, 2.24) is 14.5 Å². The van der Waals surface area contributed by atoms with Crippen LogP contribution in [0.3, 0.4) is 0 Å². The first kappa shape index (κ1) is 16.1. The van der Waals surface area contributed by atoms with Crippen molar-refractivity contribution in [1.29, 1.82) is 0 Å². The first-order chi connectivity index (χ1) is 10.4. The lowest BCUT2D eigenvalue weighted by Crippen LogP contribution is -2.34. The summed E-state index contributed by atoms with van der Waals surface area (Å²) in [6, 6.07) is 2.35. The van der Waals surface area contributed by atoms with Crippen LogP contribution in [0.1, 0.15) is 26.3 Å². The Balaban J connectivity index is 2.15. The molecule has 1 atom stereocenters. The minimum Gasteiger partial charge on any atom is -0.329 e. The van der Waals surface area contributed by atoms with Gasteiger partial charge in [0, 0.05) is 25.7 Å². The largest absolute Gasteiger partial charge is 0.329 e. The summed E-state index contributed by atoms with van der Waals surface area (Å²) in [7, 11) is 0. The highest BCUT2D eigenvalue weighted by molar-refractivity contribution is 7.71. The average Bonchev–Trinajstić information content (AvgIpc) is 2.69. The Hall–Kier alpha value is -0.810. The van der Waals surface area contributed by atoms with E-state index in [4.69, 9.17) is 35.4 Å². The van der Waals surface area contributed by atoms with Crippen LogP contribution in [0.2, 0.25) is 10.0 Å². The van der Waals surface area contributed by atoms with Crippen LogP contribution in [-0.2, 0) is 13.1 Å². The molecule has 0 amide bonds. The molecule has 1 aliphatic heterocycles. The van der Waals surface area contributed by atoms with Gasteiger partial charge < -0.3 is 9.55 Å². The quantitative estimate of drug-likeness (QED) is 0.592. The number of hydrogen-bond donors (Lipinski definition) is 1. The number of hydrogen-bond acceptors (Lipinski definition) is 2. The van der Waals surface area contributed by atoms with Gasteiger partial charge in [0.15, 0.2) is 4.77 Å². The summed E-state index contributed by atoms with van der Waals surface area (Å²) < 4.78 is 2.85. The number of nitrogens with one attached hydrogen (secondary N) is 1. The molecule has 3 rings (SSSR count). The molecular weight excluding hydrogens is 337 g/mol. The van der Waals surface area contributed by atoms with Crippen LogP contribution in [0.15, 0.2) is 17.7 Å². The van der Waals surface area contributed by atoms with Crippen molar-refractivity contribution in [3.8, 4) is 0 Å². The number of halogens is 2. The Bertz CT molecular complexity index is 815. The molecule has 22 heavy (non-hydrogen) atoms. The maximum Gasteiger partial charge on any atom is 0.178 e. The number of rotatable bonds is 2. The highest BCUT2D eigenvalue weighted by atomic mass is 35.5. The number of nitrogens with zero attached hydrogens (tertiary/aromatic N) is 2. The van der Waals surface area contributed by atoms with Crippen molar-refractivity contribution < 1.29 is 0 Å². The maximum atomic E-state index is 6.35. The highest BCUT2D eigenvalue weighted by Crippen LogP contribution is 2.35. The number of aromatic nitrogens is 2. The Labute approximate surface area is 145 Å². The van der Waals surface area contributed by atoms with Gasteiger partial charge in [0.1, 0.15) is 0 Å².